The minimum absolute atomic E-state index is 0.00760. The maximum absolute atomic E-state index is 15.9. The van der Waals surface area contributed by atoms with Gasteiger partial charge in [0.25, 0.3) is 0 Å². The standard InChI is InChI=1S/C30H34F2N6O4S/c1-17(2)42-25-14-20(21-5-4-6-22(27(21)32)24(31)9-10-35-43(39)40)13-23-28(25)36-29(19-7-8-26(33)34-15-19)37-30(23)38-11-12-41-16-18(38)3/h4-8,13-15,17-18,24,35H,9-12,16H2,1-3H3,(H2,33,34)(H,39,40)/p-1. The van der Waals surface area contributed by atoms with Crippen LogP contribution >= 0.6 is 0 Å². The molecule has 228 valence electrons. The number of ether oxygens (including phenoxy) is 2. The lowest BCUT2D eigenvalue weighted by atomic mass is 9.97. The Morgan fingerprint density at radius 1 is 1.23 bits per heavy atom. The first kappa shape index (κ1) is 30.7. The van der Waals surface area contributed by atoms with E-state index in [2.05, 4.69) is 14.6 Å². The zero-order valence-electron chi connectivity index (χ0n) is 24.0. The zero-order chi connectivity index (χ0) is 30.7. The SMILES string of the molecule is CC(C)Oc1cc(-c2cccc(C(F)CCNS(=O)[O-])c2F)cc2c(N3CCOCC3C)nc(-c3ccc(N)nc3)nc12. The number of alkyl halides is 1. The van der Waals surface area contributed by atoms with Gasteiger partial charge in [0.15, 0.2) is 5.82 Å². The molecule has 3 N–H and O–H groups in total. The maximum Gasteiger partial charge on any atom is 0.163 e. The van der Waals surface area contributed by atoms with Gasteiger partial charge in [-0.05, 0) is 57.0 Å². The Kier molecular flexibility index (Phi) is 9.45. The molecule has 1 fully saturated rings. The largest absolute Gasteiger partial charge is 0.760 e. The van der Waals surface area contributed by atoms with Gasteiger partial charge in [0.2, 0.25) is 0 Å². The van der Waals surface area contributed by atoms with Crippen molar-refractivity contribution in [2.24, 2.45) is 0 Å². The van der Waals surface area contributed by atoms with Gasteiger partial charge in [-0.25, -0.2) is 28.5 Å². The van der Waals surface area contributed by atoms with Crippen molar-refractivity contribution in [1.82, 2.24) is 19.7 Å². The Balaban J connectivity index is 1.69. The lowest BCUT2D eigenvalue weighted by Gasteiger charge is -2.35. The number of benzene rings is 2. The van der Waals surface area contributed by atoms with Crippen molar-refractivity contribution < 1.29 is 27.0 Å². The maximum atomic E-state index is 15.9. The second-order valence-electron chi connectivity index (χ2n) is 10.6. The van der Waals surface area contributed by atoms with Crippen LogP contribution in [-0.4, -0.2) is 62.2 Å². The van der Waals surface area contributed by atoms with E-state index in [1.165, 1.54) is 6.07 Å². The van der Waals surface area contributed by atoms with Crippen LogP contribution in [0.5, 0.6) is 5.75 Å². The Labute approximate surface area is 251 Å². The third-order valence-corrected chi connectivity index (χ3v) is 7.53. The molecule has 2 aromatic heterocycles. The average molecular weight is 612 g/mol. The topological polar surface area (TPSA) is 139 Å². The minimum atomic E-state index is -2.53. The van der Waals surface area contributed by atoms with E-state index in [9.17, 15) is 8.76 Å². The molecule has 2 aromatic carbocycles. The van der Waals surface area contributed by atoms with E-state index >= 15 is 8.78 Å². The molecule has 43 heavy (non-hydrogen) atoms. The van der Waals surface area contributed by atoms with Crippen LogP contribution in [0, 0.1) is 5.82 Å². The van der Waals surface area contributed by atoms with Crippen LogP contribution < -0.4 is 20.1 Å². The summed E-state index contributed by atoms with van der Waals surface area (Å²) in [6.07, 6.45) is -0.555. The highest BCUT2D eigenvalue weighted by molar-refractivity contribution is 7.77. The molecule has 0 saturated carbocycles. The van der Waals surface area contributed by atoms with Gasteiger partial charge in [0, 0.05) is 52.6 Å². The van der Waals surface area contributed by atoms with Gasteiger partial charge in [-0.1, -0.05) is 18.2 Å². The molecule has 5 rings (SSSR count). The highest BCUT2D eigenvalue weighted by atomic mass is 32.2. The second kappa shape index (κ2) is 13.2. The summed E-state index contributed by atoms with van der Waals surface area (Å²) in [5, 5.41) is 0.637. The van der Waals surface area contributed by atoms with E-state index in [0.717, 1.165) is 0 Å². The fourth-order valence-corrected chi connectivity index (χ4v) is 5.34. The molecule has 0 amide bonds. The van der Waals surface area contributed by atoms with Crippen molar-refractivity contribution in [3.63, 3.8) is 0 Å². The summed E-state index contributed by atoms with van der Waals surface area (Å²) in [4.78, 5) is 16.2. The molecule has 0 bridgehead atoms. The van der Waals surface area contributed by atoms with Crippen LogP contribution in [0.2, 0.25) is 0 Å². The van der Waals surface area contributed by atoms with Gasteiger partial charge >= 0.3 is 0 Å². The van der Waals surface area contributed by atoms with Crippen LogP contribution in [0.15, 0.2) is 48.7 Å². The summed E-state index contributed by atoms with van der Waals surface area (Å²) >= 11 is -2.53. The van der Waals surface area contributed by atoms with Crippen molar-refractivity contribution in [1.29, 1.82) is 0 Å². The van der Waals surface area contributed by atoms with Gasteiger partial charge < -0.3 is 24.7 Å². The molecule has 13 heteroatoms. The third-order valence-electron chi connectivity index (χ3n) is 7.09. The summed E-state index contributed by atoms with van der Waals surface area (Å²) in [5.41, 5.74) is 7.48. The Bertz CT molecular complexity index is 1630. The van der Waals surface area contributed by atoms with Crippen molar-refractivity contribution in [2.75, 3.05) is 36.9 Å². The number of nitrogens with two attached hydrogens (primary N) is 1. The molecular formula is C30H33F2N6O4S-. The highest BCUT2D eigenvalue weighted by Crippen LogP contribution is 2.40. The number of pyridine rings is 1. The third kappa shape index (κ3) is 6.90. The van der Waals surface area contributed by atoms with Gasteiger partial charge in [0.05, 0.1) is 25.4 Å². The average Bonchev–Trinajstić information content (AvgIpc) is 2.97. The number of hydrogen-bond acceptors (Lipinski definition) is 9. The Morgan fingerprint density at radius 2 is 2.05 bits per heavy atom. The molecular weight excluding hydrogens is 578 g/mol. The Morgan fingerprint density at radius 3 is 2.74 bits per heavy atom. The molecule has 4 aromatic rings. The van der Waals surface area contributed by atoms with E-state index in [1.807, 2.05) is 20.8 Å². The van der Waals surface area contributed by atoms with Crippen LogP contribution in [0.25, 0.3) is 33.4 Å². The fraction of sp³-hybridized carbons (Fsp3) is 0.367. The molecule has 1 saturated heterocycles. The molecule has 1 aliphatic rings. The van der Waals surface area contributed by atoms with Crippen LogP contribution in [0.3, 0.4) is 0 Å². The Hall–Kier alpha value is -3.78. The molecule has 3 atom stereocenters. The number of anilines is 2. The molecule has 1 aliphatic heterocycles. The normalized spacial score (nSPS) is 16.9. The quantitative estimate of drug-likeness (QED) is 0.240. The highest BCUT2D eigenvalue weighted by Gasteiger charge is 2.26. The molecule has 0 radical (unpaired) electrons. The van der Waals surface area contributed by atoms with Gasteiger partial charge in [0.1, 0.15) is 34.9 Å². The number of morpholine rings is 1. The number of fused-ring (bicyclic) bond motifs is 1. The predicted molar refractivity (Wildman–Crippen MR) is 161 cm³/mol. The van der Waals surface area contributed by atoms with Gasteiger partial charge in [-0.2, -0.15) is 0 Å². The van der Waals surface area contributed by atoms with Crippen LogP contribution in [0.4, 0.5) is 20.4 Å². The lowest BCUT2D eigenvalue weighted by Crippen LogP contribution is -2.44. The summed E-state index contributed by atoms with van der Waals surface area (Å²) in [6, 6.07) is 11.5. The van der Waals surface area contributed by atoms with Gasteiger partial charge in [-0.15, -0.1) is 0 Å². The van der Waals surface area contributed by atoms with Crippen LogP contribution in [-0.2, 0) is 16.0 Å². The van der Waals surface area contributed by atoms with E-state index < -0.39 is 23.3 Å². The number of nitrogens with zero attached hydrogens (tertiary/aromatic N) is 4. The van der Waals surface area contributed by atoms with E-state index in [4.69, 9.17) is 25.2 Å². The molecule has 10 nitrogen and oxygen atoms in total. The summed E-state index contributed by atoms with van der Waals surface area (Å²) in [6.45, 7) is 7.23. The summed E-state index contributed by atoms with van der Waals surface area (Å²) in [5.74, 6) is 1.10. The number of halogens is 2. The molecule has 3 unspecified atom stereocenters. The number of nitrogen functional groups attached to an aromatic ring is 1. The predicted octanol–water partition coefficient (Wildman–Crippen LogP) is 4.88. The molecule has 3 heterocycles. The van der Waals surface area contributed by atoms with Crippen molar-refractivity contribution in [3.05, 3.63) is 60.0 Å². The monoisotopic (exact) mass is 611 g/mol. The number of rotatable bonds is 10. The first-order chi connectivity index (χ1) is 20.6. The van der Waals surface area contributed by atoms with Crippen molar-refractivity contribution >= 4 is 33.8 Å². The summed E-state index contributed by atoms with van der Waals surface area (Å²) < 4.78 is 66.6. The number of aromatic nitrogens is 3. The van der Waals surface area contributed by atoms with Crippen molar-refractivity contribution in [3.8, 4) is 28.3 Å². The smallest absolute Gasteiger partial charge is 0.163 e. The lowest BCUT2D eigenvalue weighted by molar-refractivity contribution is 0.0987. The van der Waals surface area contributed by atoms with Gasteiger partial charge in [-0.3, -0.25) is 4.21 Å². The molecule has 0 aliphatic carbocycles. The van der Waals surface area contributed by atoms with Crippen molar-refractivity contribution in [2.45, 2.75) is 45.5 Å². The van der Waals surface area contributed by atoms with E-state index in [0.29, 0.717) is 65.0 Å². The molecule has 0 spiro atoms. The number of hydrogen-bond donors (Lipinski definition) is 2. The van der Waals surface area contributed by atoms with E-state index in [1.54, 1.807) is 42.6 Å². The van der Waals surface area contributed by atoms with Crippen LogP contribution in [0.1, 0.15) is 38.9 Å². The zero-order valence-corrected chi connectivity index (χ0v) is 24.9. The fourth-order valence-electron chi connectivity index (χ4n) is 5.05. The second-order valence-corrected chi connectivity index (χ2v) is 11.3. The minimum Gasteiger partial charge on any atom is -0.760 e. The van der Waals surface area contributed by atoms with E-state index in [-0.39, 0.29) is 36.2 Å². The first-order valence-corrected chi connectivity index (χ1v) is 15.0. The summed E-state index contributed by atoms with van der Waals surface area (Å²) in [7, 11) is 0. The first-order valence-electron chi connectivity index (χ1n) is 14.0. The number of nitrogens with one attached hydrogen (secondary N) is 1.